The molecule has 1 aromatic carbocycles. The number of hydrogen-bond acceptors (Lipinski definition) is 3. The number of nitrogens with zero attached hydrogens (tertiary/aromatic N) is 1. The summed E-state index contributed by atoms with van der Waals surface area (Å²) in [5, 5.41) is 3.75. The lowest BCUT2D eigenvalue weighted by atomic mass is 10.00. The Kier molecular flexibility index (Phi) is 4.94. The highest BCUT2D eigenvalue weighted by atomic mass is 16.5. The minimum atomic E-state index is 0.0711. The van der Waals surface area contributed by atoms with Crippen molar-refractivity contribution in [3.8, 4) is 0 Å². The van der Waals surface area contributed by atoms with E-state index in [2.05, 4.69) is 47.5 Å². The van der Waals surface area contributed by atoms with Crippen LogP contribution in [0.2, 0.25) is 0 Å². The molecule has 2 saturated heterocycles. The Morgan fingerprint density at radius 3 is 2.90 bits per heavy atom. The Balaban J connectivity index is 1.47. The zero-order valence-corrected chi connectivity index (χ0v) is 13.2. The summed E-state index contributed by atoms with van der Waals surface area (Å²) in [5.41, 5.74) is 1.49. The van der Waals surface area contributed by atoms with Crippen LogP contribution < -0.4 is 5.32 Å². The predicted molar refractivity (Wildman–Crippen MR) is 86.3 cm³/mol. The number of ether oxygens (including phenoxy) is 1. The van der Waals surface area contributed by atoms with Crippen LogP contribution in [-0.4, -0.2) is 42.8 Å². The van der Waals surface area contributed by atoms with Gasteiger partial charge in [0.15, 0.2) is 0 Å². The van der Waals surface area contributed by atoms with Crippen molar-refractivity contribution in [2.75, 3.05) is 26.2 Å². The first-order valence-corrected chi connectivity index (χ1v) is 8.37. The van der Waals surface area contributed by atoms with E-state index in [0.29, 0.717) is 6.04 Å². The highest BCUT2D eigenvalue weighted by Crippen LogP contribution is 2.24. The van der Waals surface area contributed by atoms with E-state index in [4.69, 9.17) is 4.74 Å². The van der Waals surface area contributed by atoms with E-state index in [9.17, 15) is 0 Å². The third-order valence-corrected chi connectivity index (χ3v) is 4.82. The summed E-state index contributed by atoms with van der Waals surface area (Å²) in [6.07, 6.45) is 4.99. The molecule has 2 atom stereocenters. The Hall–Kier alpha value is -0.900. The number of benzene rings is 1. The highest BCUT2D eigenvalue weighted by molar-refractivity contribution is 5.14. The molecule has 2 aliphatic heterocycles. The molecule has 2 unspecified atom stereocenters. The number of rotatable bonds is 5. The summed E-state index contributed by atoms with van der Waals surface area (Å²) in [4.78, 5) is 2.58. The lowest BCUT2D eigenvalue weighted by Crippen LogP contribution is -2.49. The standard InChI is InChI=1S/C18H28N2O/c1-18(10-6-12-21-18)15-19-17-9-5-11-20(14-17)13-16-7-3-2-4-8-16/h2-4,7-8,17,19H,5-6,9-15H2,1H3. The summed E-state index contributed by atoms with van der Waals surface area (Å²) >= 11 is 0. The number of hydrogen-bond donors (Lipinski definition) is 1. The molecule has 0 aromatic heterocycles. The van der Waals surface area contributed by atoms with Crippen molar-refractivity contribution in [2.24, 2.45) is 0 Å². The van der Waals surface area contributed by atoms with Gasteiger partial charge in [0.2, 0.25) is 0 Å². The molecule has 1 N–H and O–H groups in total. The average molecular weight is 288 g/mol. The topological polar surface area (TPSA) is 24.5 Å². The smallest absolute Gasteiger partial charge is 0.0779 e. The average Bonchev–Trinajstić information content (AvgIpc) is 2.94. The van der Waals surface area contributed by atoms with Gasteiger partial charge < -0.3 is 10.1 Å². The lowest BCUT2D eigenvalue weighted by molar-refractivity contribution is 0.0161. The zero-order chi connectivity index (χ0) is 14.5. The van der Waals surface area contributed by atoms with Crippen LogP contribution in [0.3, 0.4) is 0 Å². The van der Waals surface area contributed by atoms with Crippen molar-refractivity contribution in [3.63, 3.8) is 0 Å². The van der Waals surface area contributed by atoms with E-state index in [1.165, 1.54) is 37.8 Å². The van der Waals surface area contributed by atoms with Crippen LogP contribution in [0.25, 0.3) is 0 Å². The van der Waals surface area contributed by atoms with E-state index in [1.54, 1.807) is 0 Å². The largest absolute Gasteiger partial charge is 0.374 e. The van der Waals surface area contributed by atoms with Gasteiger partial charge >= 0.3 is 0 Å². The van der Waals surface area contributed by atoms with Crippen LogP contribution >= 0.6 is 0 Å². The molecule has 3 nitrogen and oxygen atoms in total. The molecule has 3 rings (SSSR count). The molecule has 116 valence electrons. The van der Waals surface area contributed by atoms with Gasteiger partial charge in [-0.2, -0.15) is 0 Å². The second-order valence-corrected chi connectivity index (χ2v) is 6.84. The Bertz CT molecular complexity index is 428. The van der Waals surface area contributed by atoms with Gasteiger partial charge in [-0.3, -0.25) is 4.90 Å². The quantitative estimate of drug-likeness (QED) is 0.901. The molecule has 21 heavy (non-hydrogen) atoms. The molecule has 0 saturated carbocycles. The Morgan fingerprint density at radius 1 is 1.29 bits per heavy atom. The van der Waals surface area contributed by atoms with E-state index in [-0.39, 0.29) is 5.60 Å². The van der Waals surface area contributed by atoms with Gasteiger partial charge in [-0.25, -0.2) is 0 Å². The molecular weight excluding hydrogens is 260 g/mol. The molecule has 0 aliphatic carbocycles. The molecule has 1 aromatic rings. The first-order chi connectivity index (χ1) is 10.2. The van der Waals surface area contributed by atoms with Crippen LogP contribution in [0.1, 0.15) is 38.2 Å². The van der Waals surface area contributed by atoms with Gasteiger partial charge in [-0.05, 0) is 44.7 Å². The van der Waals surface area contributed by atoms with Crippen LogP contribution in [0.4, 0.5) is 0 Å². The summed E-state index contributed by atoms with van der Waals surface area (Å²) in [5.74, 6) is 0. The van der Waals surface area contributed by atoms with Crippen molar-refractivity contribution < 1.29 is 4.74 Å². The molecular formula is C18H28N2O. The maximum atomic E-state index is 5.88. The lowest BCUT2D eigenvalue weighted by Gasteiger charge is -2.35. The maximum absolute atomic E-state index is 5.88. The second-order valence-electron chi connectivity index (χ2n) is 6.84. The second kappa shape index (κ2) is 6.91. The molecule has 2 aliphatic rings. The molecule has 0 amide bonds. The molecule has 0 spiro atoms. The Morgan fingerprint density at radius 2 is 2.14 bits per heavy atom. The fraction of sp³-hybridized carbons (Fsp3) is 0.667. The normalized spacial score (nSPS) is 30.6. The molecule has 2 heterocycles. The summed E-state index contributed by atoms with van der Waals surface area (Å²) in [6, 6.07) is 11.4. The van der Waals surface area contributed by atoms with Gasteiger partial charge in [-0.15, -0.1) is 0 Å². The maximum Gasteiger partial charge on any atom is 0.0779 e. The van der Waals surface area contributed by atoms with Crippen LogP contribution in [0.15, 0.2) is 30.3 Å². The van der Waals surface area contributed by atoms with Crippen molar-refractivity contribution in [2.45, 2.75) is 50.8 Å². The van der Waals surface area contributed by atoms with Crippen LogP contribution in [0, 0.1) is 0 Å². The molecule has 2 fully saturated rings. The minimum absolute atomic E-state index is 0.0711. The number of piperidine rings is 1. The fourth-order valence-corrected chi connectivity index (χ4v) is 3.54. The van der Waals surface area contributed by atoms with Gasteiger partial charge in [0, 0.05) is 32.3 Å². The third-order valence-electron chi connectivity index (χ3n) is 4.82. The van der Waals surface area contributed by atoms with Crippen molar-refractivity contribution in [3.05, 3.63) is 35.9 Å². The van der Waals surface area contributed by atoms with E-state index in [1.807, 2.05) is 0 Å². The third kappa shape index (κ3) is 4.29. The van der Waals surface area contributed by atoms with Crippen molar-refractivity contribution in [1.29, 1.82) is 0 Å². The van der Waals surface area contributed by atoms with Crippen LogP contribution in [0.5, 0.6) is 0 Å². The van der Waals surface area contributed by atoms with Gasteiger partial charge in [0.05, 0.1) is 5.60 Å². The van der Waals surface area contributed by atoms with Gasteiger partial charge in [-0.1, -0.05) is 30.3 Å². The van der Waals surface area contributed by atoms with Crippen molar-refractivity contribution >= 4 is 0 Å². The molecule has 0 radical (unpaired) electrons. The first-order valence-electron chi connectivity index (χ1n) is 8.37. The minimum Gasteiger partial charge on any atom is -0.374 e. The molecule has 0 bridgehead atoms. The monoisotopic (exact) mass is 288 g/mol. The summed E-state index contributed by atoms with van der Waals surface area (Å²) in [7, 11) is 0. The van der Waals surface area contributed by atoms with Gasteiger partial charge in [0.1, 0.15) is 0 Å². The molecule has 3 heteroatoms. The number of likely N-dealkylation sites (tertiary alicyclic amines) is 1. The van der Waals surface area contributed by atoms with E-state index < -0.39 is 0 Å². The van der Waals surface area contributed by atoms with Gasteiger partial charge in [0.25, 0.3) is 0 Å². The van der Waals surface area contributed by atoms with E-state index in [0.717, 1.165) is 26.2 Å². The summed E-state index contributed by atoms with van der Waals surface area (Å²) < 4.78 is 5.88. The van der Waals surface area contributed by atoms with Crippen LogP contribution in [-0.2, 0) is 11.3 Å². The summed E-state index contributed by atoms with van der Waals surface area (Å²) in [6.45, 7) is 7.63. The number of nitrogens with one attached hydrogen (secondary N) is 1. The Labute approximate surface area is 128 Å². The van der Waals surface area contributed by atoms with E-state index >= 15 is 0 Å². The van der Waals surface area contributed by atoms with Crippen molar-refractivity contribution in [1.82, 2.24) is 10.2 Å². The zero-order valence-electron chi connectivity index (χ0n) is 13.2. The SMILES string of the molecule is CC1(CNC2CCCN(Cc3ccccc3)C2)CCCO1. The highest BCUT2D eigenvalue weighted by Gasteiger charge is 2.30. The fourth-order valence-electron chi connectivity index (χ4n) is 3.54. The first kappa shape index (κ1) is 15.0. The predicted octanol–water partition coefficient (Wildman–Crippen LogP) is 2.81.